The molecule has 0 aromatic carbocycles. The summed E-state index contributed by atoms with van der Waals surface area (Å²) in [4.78, 5) is 24.5. The monoisotopic (exact) mass is 940 g/mol. The van der Waals surface area contributed by atoms with Crippen molar-refractivity contribution in [2.24, 2.45) is 0 Å². The molecule has 2 unspecified atom stereocenters. The fourth-order valence-electron chi connectivity index (χ4n) is 8.76. The molecule has 0 saturated heterocycles. The maximum atomic E-state index is 12.5. The van der Waals surface area contributed by atoms with Crippen molar-refractivity contribution < 1.29 is 24.5 Å². The van der Waals surface area contributed by atoms with Crippen molar-refractivity contribution in [2.75, 3.05) is 13.2 Å². The van der Waals surface area contributed by atoms with Crippen LogP contribution in [0.5, 0.6) is 0 Å². The van der Waals surface area contributed by atoms with E-state index >= 15 is 0 Å². The largest absolute Gasteiger partial charge is 0.466 e. The minimum absolute atomic E-state index is 0.0476. The van der Waals surface area contributed by atoms with E-state index in [1.807, 2.05) is 6.08 Å². The summed E-state index contributed by atoms with van der Waals surface area (Å²) in [5.74, 6) is -0.144. The Balaban J connectivity index is 3.54. The summed E-state index contributed by atoms with van der Waals surface area (Å²) in [6.07, 6.45) is 71.4. The van der Waals surface area contributed by atoms with Gasteiger partial charge in [-0.25, -0.2) is 0 Å². The molecular formula is C61H113NO5. The van der Waals surface area contributed by atoms with Crippen LogP contribution in [0.2, 0.25) is 0 Å². The average Bonchev–Trinajstić information content (AvgIpc) is 3.33. The van der Waals surface area contributed by atoms with Crippen molar-refractivity contribution in [1.82, 2.24) is 5.32 Å². The van der Waals surface area contributed by atoms with Crippen LogP contribution in [0.3, 0.4) is 0 Å². The van der Waals surface area contributed by atoms with E-state index in [0.717, 1.165) is 96.3 Å². The zero-order chi connectivity index (χ0) is 48.6. The summed E-state index contributed by atoms with van der Waals surface area (Å²) in [6, 6.07) is -0.652. The molecule has 6 heteroatoms. The topological polar surface area (TPSA) is 95.9 Å². The quantitative estimate of drug-likeness (QED) is 0.0321. The number of amides is 1. The third kappa shape index (κ3) is 53.0. The number of rotatable bonds is 54. The van der Waals surface area contributed by atoms with Crippen LogP contribution in [0.1, 0.15) is 303 Å². The van der Waals surface area contributed by atoms with E-state index in [1.54, 1.807) is 6.08 Å². The van der Waals surface area contributed by atoms with Gasteiger partial charge in [-0.1, -0.05) is 255 Å². The standard InChI is InChI=1S/C61H113NO5/c1-3-5-7-9-11-13-15-17-19-20-21-22-23-24-25-26-27-28-29-30-33-37-41-45-49-53-59(64)58(57-63)62-60(65)54-50-46-42-38-34-32-36-40-44-48-52-56-67-61(66)55-51-47-43-39-35-31-18-16-14-12-10-8-6-4-2/h10,12,16,18,36,40,49,53,58-59,63-64H,3-9,11,13-15,17,19-35,37-39,41-48,50-52,54-57H2,1-2H3,(H,62,65)/b12-10-,18-16-,40-36-,53-49+. The smallest absolute Gasteiger partial charge is 0.305 e. The van der Waals surface area contributed by atoms with E-state index in [9.17, 15) is 19.8 Å². The van der Waals surface area contributed by atoms with E-state index in [2.05, 4.69) is 55.6 Å². The fraction of sp³-hybridized carbons (Fsp3) is 0.836. The molecule has 6 nitrogen and oxygen atoms in total. The van der Waals surface area contributed by atoms with E-state index in [4.69, 9.17) is 4.74 Å². The minimum atomic E-state index is -0.866. The molecular weight excluding hydrogens is 827 g/mol. The maximum absolute atomic E-state index is 12.5. The molecule has 0 heterocycles. The molecule has 0 aliphatic carbocycles. The summed E-state index contributed by atoms with van der Waals surface area (Å²) in [5, 5.41) is 23.2. The van der Waals surface area contributed by atoms with Crippen LogP contribution in [0.4, 0.5) is 0 Å². The molecule has 0 aliphatic heterocycles. The molecule has 2 atom stereocenters. The van der Waals surface area contributed by atoms with Gasteiger partial charge in [0.05, 0.1) is 25.4 Å². The van der Waals surface area contributed by atoms with Crippen LogP contribution < -0.4 is 5.32 Å². The molecule has 0 aliphatic rings. The summed E-state index contributed by atoms with van der Waals surface area (Å²) >= 11 is 0. The van der Waals surface area contributed by atoms with Crippen molar-refractivity contribution in [3.8, 4) is 0 Å². The molecule has 1 amide bonds. The van der Waals surface area contributed by atoms with Gasteiger partial charge >= 0.3 is 5.97 Å². The minimum Gasteiger partial charge on any atom is -0.466 e. The van der Waals surface area contributed by atoms with Gasteiger partial charge in [0, 0.05) is 12.8 Å². The highest BCUT2D eigenvalue weighted by Gasteiger charge is 2.18. The van der Waals surface area contributed by atoms with Crippen molar-refractivity contribution in [3.63, 3.8) is 0 Å². The number of hydrogen-bond acceptors (Lipinski definition) is 5. The summed E-state index contributed by atoms with van der Waals surface area (Å²) < 4.78 is 5.43. The number of hydrogen-bond donors (Lipinski definition) is 3. The highest BCUT2D eigenvalue weighted by Crippen LogP contribution is 2.17. The Labute approximate surface area is 416 Å². The lowest BCUT2D eigenvalue weighted by Crippen LogP contribution is -2.45. The summed E-state index contributed by atoms with van der Waals surface area (Å²) in [6.45, 7) is 4.79. The van der Waals surface area contributed by atoms with Gasteiger partial charge in [-0.2, -0.15) is 0 Å². The third-order valence-corrected chi connectivity index (χ3v) is 13.3. The Bertz CT molecular complexity index is 1130. The van der Waals surface area contributed by atoms with Gasteiger partial charge < -0.3 is 20.3 Å². The van der Waals surface area contributed by atoms with Gasteiger partial charge in [0.25, 0.3) is 0 Å². The Morgan fingerprint density at radius 3 is 1.19 bits per heavy atom. The molecule has 0 aromatic heterocycles. The van der Waals surface area contributed by atoms with E-state index in [0.29, 0.717) is 19.4 Å². The number of unbranched alkanes of at least 4 members (excludes halogenated alkanes) is 37. The van der Waals surface area contributed by atoms with Gasteiger partial charge in [-0.3, -0.25) is 9.59 Å². The second kappa shape index (κ2) is 56.4. The molecule has 0 rings (SSSR count). The van der Waals surface area contributed by atoms with Crippen LogP contribution in [-0.4, -0.2) is 47.4 Å². The second-order valence-corrected chi connectivity index (χ2v) is 20.0. The Morgan fingerprint density at radius 1 is 0.418 bits per heavy atom. The first-order valence-corrected chi connectivity index (χ1v) is 29.4. The van der Waals surface area contributed by atoms with Crippen LogP contribution in [0.15, 0.2) is 48.6 Å². The summed E-state index contributed by atoms with van der Waals surface area (Å²) in [7, 11) is 0. The fourth-order valence-corrected chi connectivity index (χ4v) is 8.76. The average molecular weight is 941 g/mol. The predicted octanol–water partition coefficient (Wildman–Crippen LogP) is 18.2. The molecule has 0 spiro atoms. The molecule has 67 heavy (non-hydrogen) atoms. The zero-order valence-electron chi connectivity index (χ0n) is 44.6. The molecule has 0 fully saturated rings. The number of ether oxygens (including phenoxy) is 1. The van der Waals surface area contributed by atoms with Gasteiger partial charge in [0.15, 0.2) is 0 Å². The molecule has 0 aromatic rings. The SMILES string of the molecule is CCCC/C=C\C/C=C\CCCCCCCC(=O)OCCCC/C=C\CCCCCCCC(=O)NC(CO)C(O)/C=C/CCCCCCCCCCCCCCCCCCCCCCCCC. The Hall–Kier alpha value is -2.18. The zero-order valence-corrected chi connectivity index (χ0v) is 44.6. The number of allylic oxidation sites excluding steroid dienone is 7. The van der Waals surface area contributed by atoms with E-state index in [-0.39, 0.29) is 18.5 Å². The molecule has 392 valence electrons. The number of esters is 1. The number of nitrogens with one attached hydrogen (secondary N) is 1. The lowest BCUT2D eigenvalue weighted by molar-refractivity contribution is -0.143. The predicted molar refractivity (Wildman–Crippen MR) is 292 cm³/mol. The Kier molecular flexibility index (Phi) is 54.6. The highest BCUT2D eigenvalue weighted by molar-refractivity contribution is 5.76. The second-order valence-electron chi connectivity index (χ2n) is 20.0. The number of aliphatic hydroxyl groups excluding tert-OH is 2. The normalized spacial score (nSPS) is 13.0. The van der Waals surface area contributed by atoms with Crippen molar-refractivity contribution in [3.05, 3.63) is 48.6 Å². The lowest BCUT2D eigenvalue weighted by atomic mass is 10.0. The van der Waals surface area contributed by atoms with Crippen molar-refractivity contribution in [2.45, 2.75) is 315 Å². The summed E-state index contributed by atoms with van der Waals surface area (Å²) in [5.41, 5.74) is 0. The number of carbonyl (C=O) groups is 2. The number of carbonyl (C=O) groups excluding carboxylic acids is 2. The van der Waals surface area contributed by atoms with Gasteiger partial charge in [-0.05, 0) is 83.5 Å². The van der Waals surface area contributed by atoms with Gasteiger partial charge in [0.2, 0.25) is 5.91 Å². The van der Waals surface area contributed by atoms with Crippen LogP contribution in [0.25, 0.3) is 0 Å². The first-order valence-electron chi connectivity index (χ1n) is 29.4. The molecule has 0 radical (unpaired) electrons. The Morgan fingerprint density at radius 2 is 0.761 bits per heavy atom. The van der Waals surface area contributed by atoms with E-state index in [1.165, 1.54) is 180 Å². The van der Waals surface area contributed by atoms with Crippen LogP contribution in [-0.2, 0) is 14.3 Å². The van der Waals surface area contributed by atoms with Gasteiger partial charge in [0.1, 0.15) is 0 Å². The third-order valence-electron chi connectivity index (χ3n) is 13.3. The van der Waals surface area contributed by atoms with Crippen molar-refractivity contribution >= 4 is 11.9 Å². The first kappa shape index (κ1) is 64.8. The van der Waals surface area contributed by atoms with Crippen molar-refractivity contribution in [1.29, 1.82) is 0 Å². The van der Waals surface area contributed by atoms with E-state index < -0.39 is 12.1 Å². The molecule has 0 saturated carbocycles. The molecule has 3 N–H and O–H groups in total. The molecule has 0 bridgehead atoms. The van der Waals surface area contributed by atoms with Crippen LogP contribution >= 0.6 is 0 Å². The number of aliphatic hydroxyl groups is 2. The maximum Gasteiger partial charge on any atom is 0.305 e. The first-order chi connectivity index (χ1) is 33.0. The van der Waals surface area contributed by atoms with Crippen LogP contribution in [0, 0.1) is 0 Å². The highest BCUT2D eigenvalue weighted by atomic mass is 16.5. The van der Waals surface area contributed by atoms with Gasteiger partial charge in [-0.15, -0.1) is 0 Å². The lowest BCUT2D eigenvalue weighted by Gasteiger charge is -2.20.